The van der Waals surface area contributed by atoms with Gasteiger partial charge in [-0.2, -0.15) is 0 Å². The Hall–Kier alpha value is -1.28. The van der Waals surface area contributed by atoms with Gasteiger partial charge in [0.15, 0.2) is 6.29 Å². The predicted octanol–water partition coefficient (Wildman–Crippen LogP) is 3.45. The van der Waals surface area contributed by atoms with E-state index in [1.165, 1.54) is 0 Å². The van der Waals surface area contributed by atoms with E-state index in [0.29, 0.717) is 24.9 Å². The monoisotopic (exact) mass is 474 g/mol. The van der Waals surface area contributed by atoms with E-state index in [0.717, 1.165) is 31.1 Å². The number of carbonyl (C=O) groups excluding carboxylic acids is 1. The summed E-state index contributed by atoms with van der Waals surface area (Å²) in [7, 11) is 1.67. The lowest BCUT2D eigenvalue weighted by Crippen LogP contribution is -2.58. The zero-order valence-electron chi connectivity index (χ0n) is 20.9. The summed E-state index contributed by atoms with van der Waals surface area (Å²) >= 11 is 0. The molecule has 7 unspecified atom stereocenters. The molecular weight excluding hydrogens is 436 g/mol. The predicted molar refractivity (Wildman–Crippen MR) is 122 cm³/mol. The summed E-state index contributed by atoms with van der Waals surface area (Å²) in [4.78, 5) is 26.3. The minimum atomic E-state index is -1.13. The average Bonchev–Trinajstić information content (AvgIpc) is 3.38. The highest BCUT2D eigenvalue weighted by Crippen LogP contribution is 2.81. The van der Waals surface area contributed by atoms with Crippen molar-refractivity contribution >= 4 is 12.3 Å². The maximum absolute atomic E-state index is 13.3. The summed E-state index contributed by atoms with van der Waals surface area (Å²) in [6, 6.07) is 0. The van der Waals surface area contributed by atoms with Gasteiger partial charge >= 0.3 is 5.97 Å². The Balaban J connectivity index is 1.37. The first kappa shape index (κ1) is 23.1. The number of rotatable bonds is 7. The molecule has 6 rings (SSSR count). The van der Waals surface area contributed by atoms with Crippen molar-refractivity contribution in [3.8, 4) is 0 Å². The van der Waals surface area contributed by atoms with Gasteiger partial charge in [0.2, 0.25) is 0 Å². The smallest absolute Gasteiger partial charge is 0.315 e. The molecule has 7 nitrogen and oxygen atoms in total. The third kappa shape index (κ3) is 2.57. The van der Waals surface area contributed by atoms with Crippen LogP contribution in [0.1, 0.15) is 53.4 Å². The molecule has 0 amide bonds. The molecule has 34 heavy (non-hydrogen) atoms. The molecule has 6 aliphatic rings. The van der Waals surface area contributed by atoms with Crippen molar-refractivity contribution in [1.82, 2.24) is 0 Å². The fourth-order valence-corrected chi connectivity index (χ4v) is 9.48. The molecule has 0 aromatic carbocycles. The SMILES string of the molecule is CO[C@H]1[C@@H]2O[C@@H]2[C@H](OCC23C=C(C(C)C)C4(C(=O)O)C2CC2C(C)CCC2C4(C=O)C3)O[C@@H]1C. The van der Waals surface area contributed by atoms with Crippen LogP contribution in [0.4, 0.5) is 0 Å². The first-order valence-corrected chi connectivity index (χ1v) is 13.0. The van der Waals surface area contributed by atoms with Gasteiger partial charge in [-0.05, 0) is 55.8 Å². The lowest BCUT2D eigenvalue weighted by Gasteiger charge is -2.53. The van der Waals surface area contributed by atoms with E-state index in [1.807, 2.05) is 6.92 Å². The molecule has 0 spiro atoms. The van der Waals surface area contributed by atoms with Gasteiger partial charge in [0, 0.05) is 12.5 Å². The number of carboxylic acids is 1. The quantitative estimate of drug-likeness (QED) is 0.343. The molecule has 7 heteroatoms. The molecule has 0 aromatic rings. The normalized spacial score (nSPS) is 54.5. The van der Waals surface area contributed by atoms with Crippen molar-refractivity contribution in [3.63, 3.8) is 0 Å². The van der Waals surface area contributed by atoms with Gasteiger partial charge in [-0.3, -0.25) is 4.79 Å². The summed E-state index contributed by atoms with van der Waals surface area (Å²) in [5, 5.41) is 10.9. The van der Waals surface area contributed by atoms with Crippen molar-refractivity contribution in [2.45, 2.75) is 84.1 Å². The minimum absolute atomic E-state index is 0.0240. The molecule has 4 bridgehead atoms. The molecule has 2 heterocycles. The summed E-state index contributed by atoms with van der Waals surface area (Å²) in [6.45, 7) is 8.72. The van der Waals surface area contributed by atoms with Crippen LogP contribution in [-0.2, 0) is 28.5 Å². The first-order chi connectivity index (χ1) is 16.2. The van der Waals surface area contributed by atoms with Crippen molar-refractivity contribution in [3.05, 3.63) is 11.6 Å². The highest BCUT2D eigenvalue weighted by molar-refractivity contribution is 5.89. The van der Waals surface area contributed by atoms with Crippen molar-refractivity contribution < 1.29 is 33.6 Å². The highest BCUT2D eigenvalue weighted by Gasteiger charge is 2.82. The number of epoxide rings is 1. The van der Waals surface area contributed by atoms with E-state index in [4.69, 9.17) is 18.9 Å². The fraction of sp³-hybridized carbons (Fsp3) is 0.852. The van der Waals surface area contributed by atoms with Crippen molar-refractivity contribution in [2.75, 3.05) is 13.7 Å². The second-order valence-corrected chi connectivity index (χ2v) is 12.3. The summed E-state index contributed by atoms with van der Waals surface area (Å²) in [5.41, 5.74) is -1.53. The van der Waals surface area contributed by atoms with Gasteiger partial charge in [0.05, 0.1) is 18.1 Å². The lowest BCUT2D eigenvalue weighted by atomic mass is 9.47. The van der Waals surface area contributed by atoms with E-state index < -0.39 is 28.5 Å². The van der Waals surface area contributed by atoms with Crippen LogP contribution in [0.25, 0.3) is 0 Å². The Morgan fingerprint density at radius 1 is 1.26 bits per heavy atom. The summed E-state index contributed by atoms with van der Waals surface area (Å²) in [5.74, 6) is 0.143. The second-order valence-electron chi connectivity index (χ2n) is 12.3. The molecule has 2 saturated heterocycles. The first-order valence-electron chi connectivity index (χ1n) is 13.0. The molecular formula is C27H38O7. The molecule has 0 radical (unpaired) electrons. The van der Waals surface area contributed by atoms with E-state index in [-0.39, 0.29) is 42.2 Å². The number of carbonyl (C=O) groups is 2. The molecule has 12 atom stereocenters. The molecule has 3 saturated carbocycles. The Morgan fingerprint density at radius 3 is 2.68 bits per heavy atom. The molecule has 188 valence electrons. The topological polar surface area (TPSA) is 94.6 Å². The summed E-state index contributed by atoms with van der Waals surface area (Å²) in [6.07, 6.45) is 5.75. The Labute approximate surface area is 201 Å². The van der Waals surface area contributed by atoms with Crippen LogP contribution in [0.15, 0.2) is 11.6 Å². The number of carboxylic acid groups (broad SMARTS) is 1. The van der Waals surface area contributed by atoms with Gasteiger partial charge in [-0.15, -0.1) is 0 Å². The number of hydrogen-bond acceptors (Lipinski definition) is 6. The van der Waals surface area contributed by atoms with Gasteiger partial charge in [-0.25, -0.2) is 0 Å². The summed E-state index contributed by atoms with van der Waals surface area (Å²) < 4.78 is 23.9. The van der Waals surface area contributed by atoms with Crippen molar-refractivity contribution in [1.29, 1.82) is 0 Å². The highest BCUT2D eigenvalue weighted by atomic mass is 16.7. The van der Waals surface area contributed by atoms with E-state index >= 15 is 0 Å². The zero-order chi connectivity index (χ0) is 24.2. The molecule has 5 fully saturated rings. The van der Waals surface area contributed by atoms with Crippen LogP contribution < -0.4 is 0 Å². The van der Waals surface area contributed by atoms with Crippen molar-refractivity contribution in [2.24, 2.45) is 45.8 Å². The van der Waals surface area contributed by atoms with E-state index in [9.17, 15) is 14.7 Å². The minimum Gasteiger partial charge on any atom is -0.481 e. The van der Waals surface area contributed by atoms with Gasteiger partial charge < -0.3 is 28.8 Å². The van der Waals surface area contributed by atoms with Crippen LogP contribution in [0, 0.1) is 45.8 Å². The standard InChI is InChI=1S/C27H38O7/c1-13(2)18-9-25(12-32-23-22-21(34-22)20(31-5)15(4)33-23)10-26(11-28)17-7-6-14(3)16(17)8-19(25)27(18,26)24(29)30/h9,11,13-17,19-23H,6-8,10,12H2,1-5H3,(H,29,30)/t14?,15-,16?,17?,19?,20-,21+,22+,23-,25?,26?,27?/m1/s1. The molecule has 4 aliphatic carbocycles. The largest absolute Gasteiger partial charge is 0.481 e. The average molecular weight is 475 g/mol. The molecule has 1 N–H and O–H groups in total. The van der Waals surface area contributed by atoms with Crippen LogP contribution in [0.2, 0.25) is 0 Å². The number of hydrogen-bond donors (Lipinski definition) is 1. The lowest BCUT2D eigenvalue weighted by molar-refractivity contribution is -0.219. The Kier molecular flexibility index (Phi) is 5.02. The van der Waals surface area contributed by atoms with Gasteiger partial charge in [-0.1, -0.05) is 38.8 Å². The second kappa shape index (κ2) is 7.37. The number of aldehydes is 1. The maximum atomic E-state index is 13.3. The number of fused-ring (bicyclic) bond motifs is 3. The third-order valence-electron chi connectivity index (χ3n) is 10.7. The fourth-order valence-electron chi connectivity index (χ4n) is 9.48. The Morgan fingerprint density at radius 2 is 2.03 bits per heavy atom. The molecule has 0 aromatic heterocycles. The van der Waals surface area contributed by atoms with E-state index in [1.54, 1.807) is 7.11 Å². The molecule has 2 aliphatic heterocycles. The van der Waals surface area contributed by atoms with Crippen LogP contribution in [0.5, 0.6) is 0 Å². The van der Waals surface area contributed by atoms with Gasteiger partial charge in [0.1, 0.15) is 30.0 Å². The number of aliphatic carboxylic acids is 1. The maximum Gasteiger partial charge on any atom is 0.315 e. The van der Waals surface area contributed by atoms with Crippen LogP contribution in [-0.4, -0.2) is 61.8 Å². The number of methoxy groups -OCH3 is 1. The number of ether oxygens (including phenoxy) is 4. The zero-order valence-corrected chi connectivity index (χ0v) is 20.9. The van der Waals surface area contributed by atoms with Gasteiger partial charge in [0.25, 0.3) is 0 Å². The Bertz CT molecular complexity index is 928. The van der Waals surface area contributed by atoms with E-state index in [2.05, 4.69) is 26.8 Å². The van der Waals surface area contributed by atoms with Crippen LogP contribution in [0.3, 0.4) is 0 Å². The van der Waals surface area contributed by atoms with Crippen LogP contribution >= 0.6 is 0 Å². The third-order valence-corrected chi connectivity index (χ3v) is 10.7.